The summed E-state index contributed by atoms with van der Waals surface area (Å²) in [6.45, 7) is 0. The molecule has 1 N–H and O–H groups in total. The number of amides is 1. The summed E-state index contributed by atoms with van der Waals surface area (Å²) < 4.78 is 18.2. The molecule has 1 aliphatic heterocycles. The molecule has 0 atom stereocenters. The van der Waals surface area contributed by atoms with Crippen molar-refractivity contribution >= 4 is 46.0 Å². The number of rotatable bonds is 3. The molecule has 0 radical (unpaired) electrons. The molecule has 0 aliphatic carbocycles. The molecule has 1 aliphatic rings. The summed E-state index contributed by atoms with van der Waals surface area (Å²) in [7, 11) is 1.45. The zero-order chi connectivity index (χ0) is 17.3. The van der Waals surface area contributed by atoms with E-state index in [0.29, 0.717) is 26.2 Å². The standard InChI is InChI=1S/C16H11FN2O3S2/c1-22-12-4-2-9(6-11(12)20)7-13-15(21)19(16(23)24-13)10-3-5-14(17)18-8-10/h2-8,20H,1H3/b13-7+. The summed E-state index contributed by atoms with van der Waals surface area (Å²) in [5, 5.41) is 9.81. The Morgan fingerprint density at radius 3 is 2.79 bits per heavy atom. The summed E-state index contributed by atoms with van der Waals surface area (Å²) in [5.41, 5.74) is 1.03. The van der Waals surface area contributed by atoms with E-state index in [9.17, 15) is 14.3 Å². The van der Waals surface area contributed by atoms with Gasteiger partial charge >= 0.3 is 0 Å². The van der Waals surface area contributed by atoms with Crippen molar-refractivity contribution in [1.82, 2.24) is 4.98 Å². The second-order valence-electron chi connectivity index (χ2n) is 4.79. The van der Waals surface area contributed by atoms with Crippen LogP contribution in [0, 0.1) is 5.95 Å². The van der Waals surface area contributed by atoms with Gasteiger partial charge in [-0.15, -0.1) is 0 Å². The average molecular weight is 362 g/mol. The minimum absolute atomic E-state index is 0.0236. The van der Waals surface area contributed by atoms with Gasteiger partial charge in [0.25, 0.3) is 5.91 Å². The van der Waals surface area contributed by atoms with E-state index in [0.717, 1.165) is 11.8 Å². The van der Waals surface area contributed by atoms with E-state index in [1.165, 1.54) is 36.4 Å². The lowest BCUT2D eigenvalue weighted by atomic mass is 10.2. The second kappa shape index (κ2) is 6.58. The number of thioether (sulfide) groups is 1. The number of methoxy groups -OCH3 is 1. The van der Waals surface area contributed by atoms with E-state index < -0.39 is 5.95 Å². The van der Waals surface area contributed by atoms with Crippen LogP contribution in [0.4, 0.5) is 10.1 Å². The van der Waals surface area contributed by atoms with Crippen LogP contribution in [0.5, 0.6) is 11.5 Å². The third-order valence-corrected chi connectivity index (χ3v) is 4.57. The number of anilines is 1. The fraction of sp³-hybridized carbons (Fsp3) is 0.0625. The molecule has 8 heteroatoms. The lowest BCUT2D eigenvalue weighted by Crippen LogP contribution is -2.27. The van der Waals surface area contributed by atoms with Crippen molar-refractivity contribution in [2.24, 2.45) is 0 Å². The van der Waals surface area contributed by atoms with E-state index in [2.05, 4.69) is 4.98 Å². The number of hydrogen-bond donors (Lipinski definition) is 1. The normalized spacial score (nSPS) is 16.1. The van der Waals surface area contributed by atoms with Crippen molar-refractivity contribution in [2.45, 2.75) is 0 Å². The number of thiocarbonyl (C=S) groups is 1. The Morgan fingerprint density at radius 2 is 2.17 bits per heavy atom. The van der Waals surface area contributed by atoms with Gasteiger partial charge in [-0.1, -0.05) is 30.0 Å². The van der Waals surface area contributed by atoms with Crippen LogP contribution in [-0.2, 0) is 4.79 Å². The number of aromatic nitrogens is 1. The minimum atomic E-state index is -0.631. The van der Waals surface area contributed by atoms with Gasteiger partial charge in [-0.2, -0.15) is 4.39 Å². The predicted molar refractivity (Wildman–Crippen MR) is 94.5 cm³/mol. The van der Waals surface area contributed by atoms with E-state index in [1.54, 1.807) is 18.2 Å². The number of phenolic OH excluding ortho intramolecular Hbond substituents is 1. The quantitative estimate of drug-likeness (QED) is 0.513. The van der Waals surface area contributed by atoms with Crippen LogP contribution in [0.15, 0.2) is 41.4 Å². The number of ether oxygens (including phenoxy) is 1. The molecule has 24 heavy (non-hydrogen) atoms. The SMILES string of the molecule is COc1ccc(/C=C2/SC(=S)N(c3ccc(F)nc3)C2=O)cc1O. The van der Waals surface area contributed by atoms with Crippen molar-refractivity contribution in [3.8, 4) is 11.5 Å². The van der Waals surface area contributed by atoms with Gasteiger partial charge in [-0.25, -0.2) is 4.98 Å². The Kier molecular flexibility index (Phi) is 4.50. The maximum Gasteiger partial charge on any atom is 0.270 e. The molecule has 0 saturated carbocycles. The van der Waals surface area contributed by atoms with Gasteiger partial charge in [-0.3, -0.25) is 9.69 Å². The van der Waals surface area contributed by atoms with E-state index in [1.807, 2.05) is 0 Å². The van der Waals surface area contributed by atoms with Gasteiger partial charge in [0.2, 0.25) is 5.95 Å². The van der Waals surface area contributed by atoms with Crippen molar-refractivity contribution in [1.29, 1.82) is 0 Å². The maximum atomic E-state index is 12.9. The Bertz CT molecular complexity index is 853. The van der Waals surface area contributed by atoms with Crippen molar-refractivity contribution in [3.05, 3.63) is 52.9 Å². The number of benzene rings is 1. The average Bonchev–Trinajstić information content (AvgIpc) is 2.83. The number of aromatic hydroxyl groups is 1. The van der Waals surface area contributed by atoms with Crippen LogP contribution in [0.25, 0.3) is 6.08 Å². The summed E-state index contributed by atoms with van der Waals surface area (Å²) in [6, 6.07) is 7.41. The maximum absolute atomic E-state index is 12.9. The largest absolute Gasteiger partial charge is 0.504 e. The Labute approximate surface area is 146 Å². The lowest BCUT2D eigenvalue weighted by molar-refractivity contribution is -0.113. The number of hydrogen-bond acceptors (Lipinski definition) is 6. The number of nitrogens with zero attached hydrogens (tertiary/aromatic N) is 2. The molecule has 3 rings (SSSR count). The summed E-state index contributed by atoms with van der Waals surface area (Å²) in [4.78, 5) is 17.8. The zero-order valence-electron chi connectivity index (χ0n) is 12.4. The first-order chi connectivity index (χ1) is 11.5. The molecule has 122 valence electrons. The van der Waals surface area contributed by atoms with Gasteiger partial charge in [0.1, 0.15) is 0 Å². The Hall–Kier alpha value is -2.45. The smallest absolute Gasteiger partial charge is 0.270 e. The van der Waals surface area contributed by atoms with Crippen molar-refractivity contribution < 1.29 is 19.0 Å². The third kappa shape index (κ3) is 3.10. The molecular formula is C16H11FN2O3S2. The number of halogens is 1. The van der Waals surface area contributed by atoms with E-state index >= 15 is 0 Å². The highest BCUT2D eigenvalue weighted by atomic mass is 32.2. The summed E-state index contributed by atoms with van der Waals surface area (Å²) in [6.07, 6.45) is 2.87. The van der Waals surface area contributed by atoms with E-state index in [-0.39, 0.29) is 11.7 Å². The number of carbonyl (C=O) groups excluding carboxylic acids is 1. The topological polar surface area (TPSA) is 62.7 Å². The van der Waals surface area contributed by atoms with E-state index in [4.69, 9.17) is 17.0 Å². The second-order valence-corrected chi connectivity index (χ2v) is 6.46. The first kappa shape index (κ1) is 16.4. The minimum Gasteiger partial charge on any atom is -0.504 e. The van der Waals surface area contributed by atoms with Gasteiger partial charge in [-0.05, 0) is 35.9 Å². The van der Waals surface area contributed by atoms with Crippen LogP contribution in [0.3, 0.4) is 0 Å². The molecular weight excluding hydrogens is 351 g/mol. The highest BCUT2D eigenvalue weighted by Gasteiger charge is 2.33. The highest BCUT2D eigenvalue weighted by molar-refractivity contribution is 8.27. The molecule has 1 aromatic heterocycles. The lowest BCUT2D eigenvalue weighted by Gasteiger charge is -2.13. The molecule has 2 heterocycles. The molecule has 1 aromatic carbocycles. The fourth-order valence-electron chi connectivity index (χ4n) is 2.14. The van der Waals surface area contributed by atoms with Gasteiger partial charge < -0.3 is 9.84 Å². The highest BCUT2D eigenvalue weighted by Crippen LogP contribution is 2.36. The van der Waals surface area contributed by atoms with Crippen LogP contribution in [0.1, 0.15) is 5.56 Å². The van der Waals surface area contributed by atoms with Gasteiger partial charge in [0, 0.05) is 0 Å². The molecule has 1 saturated heterocycles. The molecule has 0 bridgehead atoms. The van der Waals surface area contributed by atoms with Crippen molar-refractivity contribution in [2.75, 3.05) is 12.0 Å². The number of pyridine rings is 1. The molecule has 2 aromatic rings. The predicted octanol–water partition coefficient (Wildman–Crippen LogP) is 3.34. The van der Waals surface area contributed by atoms with Crippen LogP contribution < -0.4 is 9.64 Å². The summed E-state index contributed by atoms with van der Waals surface area (Å²) >= 11 is 6.35. The number of carbonyl (C=O) groups is 1. The Balaban J connectivity index is 1.90. The van der Waals surface area contributed by atoms with Crippen LogP contribution in [0.2, 0.25) is 0 Å². The number of phenols is 1. The molecule has 1 amide bonds. The van der Waals surface area contributed by atoms with Gasteiger partial charge in [0.05, 0.1) is 23.9 Å². The van der Waals surface area contributed by atoms with Crippen LogP contribution >= 0.6 is 24.0 Å². The Morgan fingerprint density at radius 1 is 1.38 bits per heavy atom. The fourth-order valence-corrected chi connectivity index (χ4v) is 3.44. The summed E-state index contributed by atoms with van der Waals surface area (Å²) in [5.74, 6) is -0.635. The molecule has 5 nitrogen and oxygen atoms in total. The molecule has 0 unspecified atom stereocenters. The first-order valence-corrected chi connectivity index (χ1v) is 7.98. The van der Waals surface area contributed by atoms with Gasteiger partial charge in [0.15, 0.2) is 15.8 Å². The molecule has 0 spiro atoms. The molecule has 1 fully saturated rings. The monoisotopic (exact) mass is 362 g/mol. The van der Waals surface area contributed by atoms with Crippen molar-refractivity contribution in [3.63, 3.8) is 0 Å². The van der Waals surface area contributed by atoms with Crippen LogP contribution in [-0.4, -0.2) is 27.4 Å². The zero-order valence-corrected chi connectivity index (χ0v) is 14.0. The third-order valence-electron chi connectivity index (χ3n) is 3.26. The first-order valence-electron chi connectivity index (χ1n) is 6.76.